The number of carbonyl (C=O) groups excluding carboxylic acids is 2. The summed E-state index contributed by atoms with van der Waals surface area (Å²) in [5.74, 6) is -0.663. The van der Waals surface area contributed by atoms with Gasteiger partial charge in [-0.2, -0.15) is 5.10 Å². The van der Waals surface area contributed by atoms with E-state index in [2.05, 4.69) is 22.3 Å². The number of hydrogen-bond donors (Lipinski definition) is 3. The Labute approximate surface area is 176 Å². The van der Waals surface area contributed by atoms with Crippen LogP contribution in [0.3, 0.4) is 0 Å². The topological polar surface area (TPSA) is 96.3 Å². The Kier molecular flexibility index (Phi) is 8.31. The van der Waals surface area contributed by atoms with E-state index in [-0.39, 0.29) is 24.3 Å². The van der Waals surface area contributed by atoms with Crippen molar-refractivity contribution < 1.29 is 14.7 Å². The Bertz CT molecular complexity index is 958. The molecule has 0 saturated heterocycles. The highest BCUT2D eigenvalue weighted by molar-refractivity contribution is 6.07. The smallest absolute Gasteiger partial charge is 0.255 e. The molecule has 1 unspecified atom stereocenters. The number of benzene rings is 1. The summed E-state index contributed by atoms with van der Waals surface area (Å²) >= 11 is 0. The molecule has 7 heteroatoms. The maximum absolute atomic E-state index is 12.9. The van der Waals surface area contributed by atoms with Crippen molar-refractivity contribution in [3.05, 3.63) is 83.7 Å². The second-order valence-corrected chi connectivity index (χ2v) is 6.88. The van der Waals surface area contributed by atoms with E-state index in [0.717, 1.165) is 11.1 Å². The average molecular weight is 409 g/mol. The third-order valence-corrected chi connectivity index (χ3v) is 4.64. The Balaban J connectivity index is 2.30. The van der Waals surface area contributed by atoms with Gasteiger partial charge in [0.25, 0.3) is 5.91 Å². The minimum absolute atomic E-state index is 0.00462. The van der Waals surface area contributed by atoms with Gasteiger partial charge in [0.1, 0.15) is 0 Å². The first-order valence-corrected chi connectivity index (χ1v) is 9.66. The summed E-state index contributed by atoms with van der Waals surface area (Å²) in [7, 11) is 1.54. The van der Waals surface area contributed by atoms with Gasteiger partial charge in [-0.3, -0.25) is 14.3 Å². The number of aliphatic hydroxyl groups excluding tert-OH is 1. The van der Waals surface area contributed by atoms with Crippen LogP contribution in [-0.2, 0) is 16.1 Å². The largest absolute Gasteiger partial charge is 0.394 e. The van der Waals surface area contributed by atoms with E-state index < -0.39 is 0 Å². The van der Waals surface area contributed by atoms with Crippen molar-refractivity contribution in [1.29, 1.82) is 0 Å². The van der Waals surface area contributed by atoms with Crippen LogP contribution in [0.5, 0.6) is 0 Å². The van der Waals surface area contributed by atoms with Crippen LogP contribution in [0.4, 0.5) is 5.69 Å². The van der Waals surface area contributed by atoms with Crippen molar-refractivity contribution >= 4 is 17.5 Å². The highest BCUT2D eigenvalue weighted by Gasteiger charge is 2.14. The van der Waals surface area contributed by atoms with Gasteiger partial charge in [-0.25, -0.2) is 0 Å². The van der Waals surface area contributed by atoms with Gasteiger partial charge >= 0.3 is 0 Å². The molecule has 7 nitrogen and oxygen atoms in total. The first-order chi connectivity index (χ1) is 14.3. The van der Waals surface area contributed by atoms with Crippen molar-refractivity contribution in [3.63, 3.8) is 0 Å². The molecule has 1 aromatic heterocycles. The Morgan fingerprint density at radius 2 is 1.93 bits per heavy atom. The fourth-order valence-electron chi connectivity index (χ4n) is 2.81. The molecule has 0 aliphatic heterocycles. The monoisotopic (exact) mass is 408 g/mol. The number of likely N-dealkylation sites (N-methyl/N-ethyl adjacent to an activating group) is 1. The summed E-state index contributed by atoms with van der Waals surface area (Å²) in [5.41, 5.74) is 3.01. The van der Waals surface area contributed by atoms with Gasteiger partial charge < -0.3 is 15.7 Å². The maximum atomic E-state index is 12.9. The summed E-state index contributed by atoms with van der Waals surface area (Å²) in [4.78, 5) is 24.9. The zero-order valence-electron chi connectivity index (χ0n) is 17.6. The van der Waals surface area contributed by atoms with Gasteiger partial charge in [0.2, 0.25) is 5.91 Å². The second kappa shape index (κ2) is 10.9. The van der Waals surface area contributed by atoms with Gasteiger partial charge in [0, 0.05) is 30.3 Å². The molecule has 2 amide bonds. The lowest BCUT2D eigenvalue weighted by Gasteiger charge is -2.14. The van der Waals surface area contributed by atoms with Crippen LogP contribution in [0.2, 0.25) is 0 Å². The Morgan fingerprint density at radius 1 is 1.23 bits per heavy atom. The van der Waals surface area contributed by atoms with Gasteiger partial charge in [-0.05, 0) is 30.2 Å². The normalized spacial score (nSPS) is 12.9. The predicted octanol–water partition coefficient (Wildman–Crippen LogP) is 2.79. The SMILES string of the molecule is C=C(/C=C(\C=C(/C)C(=O)NC)C(=O)Nc1cnn(CCO)c1)C(C)c1ccccc1. The standard InChI is InChI=1S/C23H28N4O3/c1-16(18(3)19-8-6-5-7-9-19)12-20(13-17(2)22(29)24-4)23(30)26-21-14-25-27(15-21)10-11-28/h5-9,12-15,18,28H,1,10-11H2,2-4H3,(H,24,29)(H,26,30)/b17-13+,20-12+. The fourth-order valence-corrected chi connectivity index (χ4v) is 2.81. The molecule has 0 saturated carbocycles. The Morgan fingerprint density at radius 3 is 2.57 bits per heavy atom. The number of carbonyl (C=O) groups is 2. The highest BCUT2D eigenvalue weighted by atomic mass is 16.3. The molecule has 0 radical (unpaired) electrons. The second-order valence-electron chi connectivity index (χ2n) is 6.88. The summed E-state index contributed by atoms with van der Waals surface area (Å²) in [6.45, 7) is 8.07. The molecule has 0 spiro atoms. The zero-order valence-corrected chi connectivity index (χ0v) is 17.6. The van der Waals surface area contributed by atoms with Crippen LogP contribution in [0.1, 0.15) is 25.3 Å². The van der Waals surface area contributed by atoms with E-state index in [1.165, 1.54) is 24.0 Å². The van der Waals surface area contributed by atoms with Crippen molar-refractivity contribution in [2.75, 3.05) is 19.0 Å². The minimum Gasteiger partial charge on any atom is -0.394 e. The van der Waals surface area contributed by atoms with Crippen LogP contribution < -0.4 is 10.6 Å². The molecular formula is C23H28N4O3. The molecule has 1 aromatic carbocycles. The summed E-state index contributed by atoms with van der Waals surface area (Å²) in [6, 6.07) is 9.86. The van der Waals surface area contributed by atoms with E-state index in [0.29, 0.717) is 23.4 Å². The lowest BCUT2D eigenvalue weighted by Crippen LogP contribution is -2.20. The molecule has 1 heterocycles. The molecule has 1 atom stereocenters. The molecule has 0 fully saturated rings. The first kappa shape index (κ1) is 22.8. The molecule has 0 aliphatic carbocycles. The van der Waals surface area contributed by atoms with Crippen molar-refractivity contribution in [2.45, 2.75) is 26.3 Å². The number of nitrogens with zero attached hydrogens (tertiary/aromatic N) is 2. The number of aromatic nitrogens is 2. The molecule has 3 N–H and O–H groups in total. The molecular weight excluding hydrogens is 380 g/mol. The van der Waals surface area contributed by atoms with E-state index >= 15 is 0 Å². The van der Waals surface area contributed by atoms with E-state index in [1.807, 2.05) is 37.3 Å². The number of amides is 2. The number of nitrogens with one attached hydrogen (secondary N) is 2. The number of rotatable bonds is 9. The fraction of sp³-hybridized carbons (Fsp3) is 0.261. The number of anilines is 1. The van der Waals surface area contributed by atoms with Crippen LogP contribution >= 0.6 is 0 Å². The van der Waals surface area contributed by atoms with E-state index in [1.54, 1.807) is 19.2 Å². The summed E-state index contributed by atoms with van der Waals surface area (Å²) in [5, 5.41) is 18.4. The minimum atomic E-state index is -0.386. The average Bonchev–Trinajstić information content (AvgIpc) is 3.19. The van der Waals surface area contributed by atoms with Crippen LogP contribution in [-0.4, -0.2) is 40.4 Å². The van der Waals surface area contributed by atoms with Crippen LogP contribution in [0.25, 0.3) is 0 Å². The molecule has 30 heavy (non-hydrogen) atoms. The molecule has 0 bridgehead atoms. The Hall–Kier alpha value is -3.45. The van der Waals surface area contributed by atoms with Gasteiger partial charge in [0.05, 0.1) is 25.0 Å². The van der Waals surface area contributed by atoms with Crippen molar-refractivity contribution in [2.24, 2.45) is 0 Å². The summed E-state index contributed by atoms with van der Waals surface area (Å²) < 4.78 is 1.53. The van der Waals surface area contributed by atoms with Crippen LogP contribution in [0.15, 0.2) is 78.2 Å². The third kappa shape index (κ3) is 6.28. The lowest BCUT2D eigenvalue weighted by molar-refractivity contribution is -0.117. The van der Waals surface area contributed by atoms with Crippen molar-refractivity contribution in [3.8, 4) is 0 Å². The van der Waals surface area contributed by atoms with Crippen LogP contribution in [0, 0.1) is 0 Å². The maximum Gasteiger partial charge on any atom is 0.255 e. The predicted molar refractivity (Wildman–Crippen MR) is 118 cm³/mol. The highest BCUT2D eigenvalue weighted by Crippen LogP contribution is 2.25. The number of aliphatic hydroxyl groups is 1. The summed E-state index contributed by atoms with van der Waals surface area (Å²) in [6.07, 6.45) is 6.36. The molecule has 2 aromatic rings. The third-order valence-electron chi connectivity index (χ3n) is 4.64. The van der Waals surface area contributed by atoms with Gasteiger partial charge in [-0.15, -0.1) is 0 Å². The van der Waals surface area contributed by atoms with E-state index in [9.17, 15) is 9.59 Å². The zero-order chi connectivity index (χ0) is 22.1. The number of hydrogen-bond acceptors (Lipinski definition) is 4. The first-order valence-electron chi connectivity index (χ1n) is 9.66. The van der Waals surface area contributed by atoms with Gasteiger partial charge in [-0.1, -0.05) is 43.8 Å². The van der Waals surface area contributed by atoms with Crippen molar-refractivity contribution in [1.82, 2.24) is 15.1 Å². The molecule has 158 valence electrons. The number of allylic oxidation sites excluding steroid dienone is 2. The quantitative estimate of drug-likeness (QED) is 0.439. The molecule has 2 rings (SSSR count). The lowest BCUT2D eigenvalue weighted by atomic mass is 9.92. The van der Waals surface area contributed by atoms with E-state index in [4.69, 9.17) is 5.11 Å². The molecule has 0 aliphatic rings. The van der Waals surface area contributed by atoms with Gasteiger partial charge in [0.15, 0.2) is 0 Å².